The lowest BCUT2D eigenvalue weighted by Gasteiger charge is -2.44. The Labute approximate surface area is 450 Å². The van der Waals surface area contributed by atoms with Gasteiger partial charge in [0.25, 0.3) is 6.71 Å². The highest BCUT2D eigenvalue weighted by Crippen LogP contribution is 2.62. The third-order valence-corrected chi connectivity index (χ3v) is 20.0. The lowest BCUT2D eigenvalue weighted by Crippen LogP contribution is -2.60. The molecule has 0 atom stereocenters. The Hall–Kier alpha value is -6.84. The van der Waals surface area contributed by atoms with Crippen molar-refractivity contribution in [2.75, 3.05) is 0 Å². The Morgan fingerprint density at radius 3 is 1.53 bits per heavy atom. The summed E-state index contributed by atoms with van der Waals surface area (Å²) in [6.45, 7) is 21.3. The van der Waals surface area contributed by atoms with Crippen molar-refractivity contribution in [3.8, 4) is 44.9 Å². The minimum absolute atomic E-state index is 0.0323. The number of fused-ring (bicyclic) bond motifs is 11. The van der Waals surface area contributed by atoms with Crippen molar-refractivity contribution in [1.82, 2.24) is 9.13 Å². The van der Waals surface area contributed by atoms with E-state index in [1.54, 1.807) is 11.1 Å². The van der Waals surface area contributed by atoms with Crippen LogP contribution in [0.25, 0.3) is 77.6 Å². The maximum atomic E-state index is 2.86. The Morgan fingerprint density at radius 2 is 0.947 bits per heavy atom. The Balaban J connectivity index is 1.12. The minimum atomic E-state index is -0.504. The molecular formula is C73H69BN2. The van der Waals surface area contributed by atoms with Gasteiger partial charge in [-0.2, -0.15) is 0 Å². The van der Waals surface area contributed by atoms with E-state index in [1.165, 1.54) is 184 Å². The summed E-state index contributed by atoms with van der Waals surface area (Å²) >= 11 is 0. The summed E-state index contributed by atoms with van der Waals surface area (Å²) in [5.41, 5.74) is 31.8. The molecule has 0 saturated heterocycles. The van der Waals surface area contributed by atoms with Crippen LogP contribution in [0.5, 0.6) is 0 Å². The van der Waals surface area contributed by atoms with Gasteiger partial charge in [0.1, 0.15) is 0 Å². The standard InChI is InChI=1S/C73H69BN2/c1-70(2,3)48-30-26-44(27-31-48)63-55-40-50(72(7,8)9)41-61-68(55)75(65(63)45-28-32-49(33-29-45)71(4,5)6)62-35-34-58-69-64(62)74(61)60-39-47(43-20-12-13-21-43)37-54-53-36-46(42-18-10-11-19-42)38-59(66(53)76(69)67(54)60)73(58)56-24-16-14-22-51(56)52-23-15-17-25-57(52)73/h14-17,22-43H,10-13,18-21H2,1-9H3. The molecule has 0 N–H and O–H groups in total. The predicted molar refractivity (Wildman–Crippen MR) is 323 cm³/mol. The molecule has 374 valence electrons. The number of benzene rings is 8. The molecular weight excluding hydrogens is 916 g/mol. The summed E-state index contributed by atoms with van der Waals surface area (Å²) < 4.78 is 5.63. The van der Waals surface area contributed by atoms with Crippen molar-refractivity contribution >= 4 is 55.8 Å². The molecule has 2 aromatic heterocycles. The second-order valence-corrected chi connectivity index (χ2v) is 27.4. The Bertz CT molecular complexity index is 4110. The van der Waals surface area contributed by atoms with Crippen molar-refractivity contribution in [2.24, 2.45) is 0 Å². The van der Waals surface area contributed by atoms with Crippen LogP contribution in [0.1, 0.15) is 176 Å². The first-order chi connectivity index (χ1) is 36.6. The SMILES string of the molecule is CC(C)(C)c1ccc(-c2c(-c3ccc(C(C)(C)C)cc3)n3c4c(cc(C(C)(C)C)cc24)B2c4c-3ccc3c4-n4c5c2cc(C2CCCC2)cc5c2cc(C5CCCC5)cc(c24)C32c3ccccc3-c3ccccc32)cc1. The van der Waals surface area contributed by atoms with Crippen LogP contribution in [-0.4, -0.2) is 15.8 Å². The summed E-state index contributed by atoms with van der Waals surface area (Å²) in [6.07, 6.45) is 10.4. The fourth-order valence-corrected chi connectivity index (χ4v) is 16.3. The van der Waals surface area contributed by atoms with Gasteiger partial charge in [0.05, 0.1) is 16.6 Å². The zero-order valence-corrected chi connectivity index (χ0v) is 46.1. The van der Waals surface area contributed by atoms with E-state index < -0.39 is 5.41 Å². The van der Waals surface area contributed by atoms with Gasteiger partial charge in [0.15, 0.2) is 0 Å². The normalized spacial score (nSPS) is 17.1. The first-order valence-electron chi connectivity index (χ1n) is 29.1. The predicted octanol–water partition coefficient (Wildman–Crippen LogP) is 17.1. The highest BCUT2D eigenvalue weighted by Gasteiger charge is 2.55. The molecule has 3 aliphatic heterocycles. The molecule has 0 amide bonds. The largest absolute Gasteiger partial charge is 0.310 e. The Kier molecular flexibility index (Phi) is 9.08. The highest BCUT2D eigenvalue weighted by atomic mass is 15.1. The smallest absolute Gasteiger partial charge is 0.252 e. The third kappa shape index (κ3) is 5.85. The molecule has 5 heterocycles. The van der Waals surface area contributed by atoms with Crippen LogP contribution in [0, 0.1) is 0 Å². The number of aromatic nitrogens is 2. The number of rotatable bonds is 4. The third-order valence-electron chi connectivity index (χ3n) is 20.0. The van der Waals surface area contributed by atoms with Crippen LogP contribution in [0.2, 0.25) is 0 Å². The zero-order chi connectivity index (χ0) is 51.5. The van der Waals surface area contributed by atoms with Crippen molar-refractivity contribution in [2.45, 2.75) is 147 Å². The average Bonchev–Trinajstić information content (AvgIpc) is 4.45. The molecule has 6 aliphatic rings. The molecule has 2 fully saturated rings. The van der Waals surface area contributed by atoms with E-state index in [1.807, 2.05) is 0 Å². The molecule has 3 heteroatoms. The minimum Gasteiger partial charge on any atom is -0.310 e. The molecule has 10 aromatic rings. The number of hydrogen-bond acceptors (Lipinski definition) is 0. The fourth-order valence-electron chi connectivity index (χ4n) is 16.3. The molecule has 76 heavy (non-hydrogen) atoms. The van der Waals surface area contributed by atoms with Gasteiger partial charge in [-0.1, -0.05) is 209 Å². The Morgan fingerprint density at radius 1 is 0.434 bits per heavy atom. The van der Waals surface area contributed by atoms with Gasteiger partial charge in [0, 0.05) is 44.1 Å². The summed E-state index contributed by atoms with van der Waals surface area (Å²) in [4.78, 5) is 0. The molecule has 0 radical (unpaired) electrons. The van der Waals surface area contributed by atoms with E-state index in [0.717, 1.165) is 0 Å². The van der Waals surface area contributed by atoms with E-state index in [2.05, 4.69) is 217 Å². The van der Waals surface area contributed by atoms with Crippen LogP contribution in [0.15, 0.2) is 146 Å². The molecule has 3 aliphatic carbocycles. The first kappa shape index (κ1) is 45.4. The van der Waals surface area contributed by atoms with Gasteiger partial charge >= 0.3 is 0 Å². The first-order valence-corrected chi connectivity index (χ1v) is 29.1. The number of nitrogens with zero attached hydrogens (tertiary/aromatic N) is 2. The van der Waals surface area contributed by atoms with Crippen molar-refractivity contribution in [1.29, 1.82) is 0 Å². The topological polar surface area (TPSA) is 9.86 Å². The molecule has 2 nitrogen and oxygen atoms in total. The second-order valence-electron chi connectivity index (χ2n) is 27.4. The summed E-state index contributed by atoms with van der Waals surface area (Å²) in [7, 11) is 0. The van der Waals surface area contributed by atoms with Crippen LogP contribution in [-0.2, 0) is 21.7 Å². The van der Waals surface area contributed by atoms with E-state index in [4.69, 9.17) is 0 Å². The molecule has 0 bridgehead atoms. The fraction of sp³-hybridized carbons (Fsp3) is 0.315. The van der Waals surface area contributed by atoms with Crippen LogP contribution in [0.3, 0.4) is 0 Å². The summed E-state index contributed by atoms with van der Waals surface area (Å²) in [5.74, 6) is 1.15. The van der Waals surface area contributed by atoms with Crippen molar-refractivity contribution < 1.29 is 0 Å². The zero-order valence-electron chi connectivity index (χ0n) is 46.1. The molecule has 1 spiro atoms. The lowest BCUT2D eigenvalue weighted by atomic mass is 9.33. The quantitative estimate of drug-likeness (QED) is 0.156. The van der Waals surface area contributed by atoms with Gasteiger partial charge in [-0.15, -0.1) is 0 Å². The second kappa shape index (κ2) is 15.2. The highest BCUT2D eigenvalue weighted by molar-refractivity contribution is 7.00. The maximum absolute atomic E-state index is 2.86. The molecule has 16 rings (SSSR count). The van der Waals surface area contributed by atoms with E-state index in [9.17, 15) is 0 Å². The van der Waals surface area contributed by atoms with Gasteiger partial charge < -0.3 is 9.13 Å². The van der Waals surface area contributed by atoms with E-state index in [-0.39, 0.29) is 23.0 Å². The summed E-state index contributed by atoms with van der Waals surface area (Å²) in [5, 5.41) is 4.29. The molecule has 0 unspecified atom stereocenters. The number of hydrogen-bond donors (Lipinski definition) is 0. The average molecular weight is 985 g/mol. The monoisotopic (exact) mass is 985 g/mol. The van der Waals surface area contributed by atoms with Gasteiger partial charge in [-0.3, -0.25) is 0 Å². The summed E-state index contributed by atoms with van der Waals surface area (Å²) in [6, 6.07) is 59.8. The lowest BCUT2D eigenvalue weighted by molar-refractivity contribution is 0.590. The van der Waals surface area contributed by atoms with Gasteiger partial charge in [-0.05, 0) is 167 Å². The van der Waals surface area contributed by atoms with Crippen LogP contribution >= 0.6 is 0 Å². The van der Waals surface area contributed by atoms with Crippen LogP contribution in [0.4, 0.5) is 0 Å². The van der Waals surface area contributed by atoms with Crippen molar-refractivity contribution in [3.05, 3.63) is 196 Å². The van der Waals surface area contributed by atoms with Gasteiger partial charge in [0.2, 0.25) is 0 Å². The van der Waals surface area contributed by atoms with Crippen LogP contribution < -0.4 is 16.4 Å². The van der Waals surface area contributed by atoms with Crippen molar-refractivity contribution in [3.63, 3.8) is 0 Å². The van der Waals surface area contributed by atoms with E-state index in [0.29, 0.717) is 11.8 Å². The van der Waals surface area contributed by atoms with Gasteiger partial charge in [-0.25, -0.2) is 0 Å². The maximum Gasteiger partial charge on any atom is 0.252 e. The molecule has 2 saturated carbocycles. The molecule has 8 aromatic carbocycles. The van der Waals surface area contributed by atoms with E-state index >= 15 is 0 Å².